The Morgan fingerprint density at radius 3 is 2.27 bits per heavy atom. The van der Waals surface area contributed by atoms with E-state index in [0.717, 1.165) is 38.5 Å². The number of aliphatic carboxylic acids is 1. The fourth-order valence-corrected chi connectivity index (χ4v) is 3.90. The van der Waals surface area contributed by atoms with Gasteiger partial charge in [-0.25, -0.2) is 4.79 Å². The maximum Gasteiger partial charge on any atom is 0.407 e. The van der Waals surface area contributed by atoms with E-state index in [0.29, 0.717) is 13.1 Å². The fraction of sp³-hybridized carbons (Fsp3) is 0.842. The molecule has 7 nitrogen and oxygen atoms in total. The van der Waals surface area contributed by atoms with Gasteiger partial charge < -0.3 is 20.1 Å². The number of hydrogen-bond acceptors (Lipinski definition) is 4. The molecule has 1 saturated heterocycles. The van der Waals surface area contributed by atoms with Crippen LogP contribution in [0.1, 0.15) is 65.7 Å². The predicted molar refractivity (Wildman–Crippen MR) is 96.7 cm³/mol. The highest BCUT2D eigenvalue weighted by atomic mass is 16.6. The van der Waals surface area contributed by atoms with Crippen molar-refractivity contribution in [2.75, 3.05) is 13.1 Å². The first-order valence-electron chi connectivity index (χ1n) is 9.66. The van der Waals surface area contributed by atoms with E-state index in [1.165, 1.54) is 0 Å². The first kappa shape index (κ1) is 20.5. The smallest absolute Gasteiger partial charge is 0.407 e. The lowest BCUT2D eigenvalue weighted by Gasteiger charge is -2.38. The number of carboxylic acid groups (broad SMARTS) is 1. The minimum atomic E-state index is -0.774. The molecule has 1 heterocycles. The summed E-state index contributed by atoms with van der Waals surface area (Å²) in [4.78, 5) is 37.8. The minimum Gasteiger partial charge on any atom is -0.481 e. The largest absolute Gasteiger partial charge is 0.481 e. The Hall–Kier alpha value is -1.79. The summed E-state index contributed by atoms with van der Waals surface area (Å²) in [6.45, 7) is 6.66. The number of piperidine rings is 1. The molecule has 0 radical (unpaired) electrons. The van der Waals surface area contributed by atoms with E-state index in [2.05, 4.69) is 5.32 Å². The molecule has 2 atom stereocenters. The first-order valence-corrected chi connectivity index (χ1v) is 9.66. The van der Waals surface area contributed by atoms with Gasteiger partial charge in [0, 0.05) is 25.6 Å². The van der Waals surface area contributed by atoms with Crippen LogP contribution < -0.4 is 5.32 Å². The van der Waals surface area contributed by atoms with Gasteiger partial charge in [0.25, 0.3) is 0 Å². The number of rotatable bonds is 4. The number of nitrogens with one attached hydrogen (secondary N) is 1. The van der Waals surface area contributed by atoms with Gasteiger partial charge in [0.15, 0.2) is 0 Å². The van der Waals surface area contributed by atoms with Gasteiger partial charge in [-0.05, 0) is 52.4 Å². The van der Waals surface area contributed by atoms with Crippen LogP contribution in [0.2, 0.25) is 0 Å². The number of ether oxygens (including phenoxy) is 1. The monoisotopic (exact) mass is 368 g/mol. The molecule has 26 heavy (non-hydrogen) atoms. The summed E-state index contributed by atoms with van der Waals surface area (Å²) in [5.41, 5.74) is -0.565. The molecule has 0 aromatic carbocycles. The molecule has 1 aliphatic carbocycles. The second-order valence-corrected chi connectivity index (χ2v) is 8.51. The number of hydrogen-bond donors (Lipinski definition) is 2. The molecule has 2 rings (SSSR count). The lowest BCUT2D eigenvalue weighted by Crippen LogP contribution is -2.51. The summed E-state index contributed by atoms with van der Waals surface area (Å²) in [6.07, 6.45) is 4.70. The summed E-state index contributed by atoms with van der Waals surface area (Å²) in [7, 11) is 0. The number of carbonyl (C=O) groups is 3. The molecule has 1 aliphatic heterocycles. The zero-order chi connectivity index (χ0) is 19.3. The normalized spacial score (nSPS) is 24.8. The predicted octanol–water partition coefficient (Wildman–Crippen LogP) is 2.78. The van der Waals surface area contributed by atoms with Crippen molar-refractivity contribution in [1.82, 2.24) is 10.2 Å². The number of likely N-dealkylation sites (tertiary alicyclic amines) is 1. The Bertz CT molecular complexity index is 521. The Labute approximate surface area is 155 Å². The van der Waals surface area contributed by atoms with Crippen LogP contribution in [-0.2, 0) is 14.3 Å². The van der Waals surface area contributed by atoms with Crippen LogP contribution in [0.15, 0.2) is 0 Å². The third-order valence-corrected chi connectivity index (χ3v) is 5.17. The van der Waals surface area contributed by atoms with Crippen molar-refractivity contribution < 1.29 is 24.2 Å². The van der Waals surface area contributed by atoms with Gasteiger partial charge in [-0.1, -0.05) is 12.8 Å². The molecular formula is C19H32N2O5. The highest BCUT2D eigenvalue weighted by Gasteiger charge is 2.36. The second kappa shape index (κ2) is 8.73. The topological polar surface area (TPSA) is 95.9 Å². The van der Waals surface area contributed by atoms with E-state index >= 15 is 0 Å². The highest BCUT2D eigenvalue weighted by molar-refractivity contribution is 5.81. The second-order valence-electron chi connectivity index (χ2n) is 8.51. The molecule has 2 amide bonds. The average molecular weight is 368 g/mol. The van der Waals surface area contributed by atoms with Crippen LogP contribution in [0.5, 0.6) is 0 Å². The summed E-state index contributed by atoms with van der Waals surface area (Å²) < 4.78 is 5.33. The number of nitrogens with zero attached hydrogens (tertiary/aromatic N) is 1. The van der Waals surface area contributed by atoms with Crippen molar-refractivity contribution in [1.29, 1.82) is 0 Å². The third-order valence-electron chi connectivity index (χ3n) is 5.17. The SMILES string of the molecule is CC(C)(C)OC(=O)N[C@@H]1CCCC[C@H]1C(=O)N1CCC(CC(=O)O)CC1. The van der Waals surface area contributed by atoms with E-state index in [4.69, 9.17) is 9.84 Å². The molecule has 0 bridgehead atoms. The van der Waals surface area contributed by atoms with Gasteiger partial charge in [-0.3, -0.25) is 9.59 Å². The fourth-order valence-electron chi connectivity index (χ4n) is 3.90. The lowest BCUT2D eigenvalue weighted by molar-refractivity contribution is -0.140. The molecule has 0 aromatic rings. The van der Waals surface area contributed by atoms with Crippen molar-refractivity contribution in [3.8, 4) is 0 Å². The molecule has 2 fully saturated rings. The minimum absolute atomic E-state index is 0.0829. The summed E-state index contributed by atoms with van der Waals surface area (Å²) in [5.74, 6) is -0.755. The lowest BCUT2D eigenvalue weighted by atomic mass is 9.82. The van der Waals surface area contributed by atoms with Gasteiger partial charge in [0.1, 0.15) is 5.60 Å². The maximum absolute atomic E-state index is 13.0. The Morgan fingerprint density at radius 1 is 1.08 bits per heavy atom. The molecule has 148 valence electrons. The van der Waals surface area contributed by atoms with Crippen LogP contribution in [-0.4, -0.2) is 52.7 Å². The first-order chi connectivity index (χ1) is 12.2. The molecule has 0 unspecified atom stereocenters. The van der Waals surface area contributed by atoms with Gasteiger partial charge in [0.05, 0.1) is 5.92 Å². The van der Waals surface area contributed by atoms with E-state index in [9.17, 15) is 14.4 Å². The standard InChI is InChI=1S/C19H32N2O5/c1-19(2,3)26-18(25)20-15-7-5-4-6-14(15)17(24)21-10-8-13(9-11-21)12-16(22)23/h13-15H,4-12H2,1-3H3,(H,20,25)(H,22,23)/t14-,15-/m1/s1. The molecular weight excluding hydrogens is 336 g/mol. The van der Waals surface area contributed by atoms with Crippen LogP contribution >= 0.6 is 0 Å². The third kappa shape index (κ3) is 6.18. The molecule has 2 aliphatic rings. The van der Waals surface area contributed by atoms with Crippen molar-refractivity contribution in [2.45, 2.75) is 77.4 Å². The van der Waals surface area contributed by atoms with Crippen molar-refractivity contribution in [3.05, 3.63) is 0 Å². The summed E-state index contributed by atoms with van der Waals surface area (Å²) >= 11 is 0. The number of carbonyl (C=O) groups excluding carboxylic acids is 2. The average Bonchev–Trinajstić information content (AvgIpc) is 2.53. The Morgan fingerprint density at radius 2 is 1.69 bits per heavy atom. The van der Waals surface area contributed by atoms with E-state index < -0.39 is 17.7 Å². The van der Waals surface area contributed by atoms with Gasteiger partial charge in [-0.15, -0.1) is 0 Å². The van der Waals surface area contributed by atoms with Crippen molar-refractivity contribution in [3.63, 3.8) is 0 Å². The zero-order valence-corrected chi connectivity index (χ0v) is 16.1. The van der Waals surface area contributed by atoms with E-state index in [1.807, 2.05) is 25.7 Å². The summed E-state index contributed by atoms with van der Waals surface area (Å²) in [6, 6.07) is -0.192. The molecule has 0 spiro atoms. The van der Waals surface area contributed by atoms with E-state index in [-0.39, 0.29) is 30.2 Å². The van der Waals surface area contributed by atoms with Crippen LogP contribution in [0.25, 0.3) is 0 Å². The summed E-state index contributed by atoms with van der Waals surface area (Å²) in [5, 5.41) is 11.8. The van der Waals surface area contributed by atoms with Crippen molar-refractivity contribution in [2.24, 2.45) is 11.8 Å². The number of carboxylic acids is 1. The van der Waals surface area contributed by atoms with E-state index in [1.54, 1.807) is 0 Å². The zero-order valence-electron chi connectivity index (χ0n) is 16.1. The number of amides is 2. The van der Waals surface area contributed by atoms with Crippen LogP contribution in [0, 0.1) is 11.8 Å². The molecule has 0 aromatic heterocycles. The maximum atomic E-state index is 13.0. The Kier molecular flexibility index (Phi) is 6.89. The highest BCUT2D eigenvalue weighted by Crippen LogP contribution is 2.29. The van der Waals surface area contributed by atoms with Gasteiger partial charge in [-0.2, -0.15) is 0 Å². The Balaban J connectivity index is 1.91. The van der Waals surface area contributed by atoms with Gasteiger partial charge >= 0.3 is 12.1 Å². The molecule has 2 N–H and O–H groups in total. The number of alkyl carbamates (subject to hydrolysis) is 1. The van der Waals surface area contributed by atoms with Crippen LogP contribution in [0.4, 0.5) is 4.79 Å². The van der Waals surface area contributed by atoms with Crippen molar-refractivity contribution >= 4 is 18.0 Å². The molecule has 1 saturated carbocycles. The molecule has 7 heteroatoms. The van der Waals surface area contributed by atoms with Crippen LogP contribution in [0.3, 0.4) is 0 Å². The van der Waals surface area contributed by atoms with Gasteiger partial charge in [0.2, 0.25) is 5.91 Å². The quantitative estimate of drug-likeness (QED) is 0.795.